The van der Waals surface area contributed by atoms with E-state index < -0.39 is 23.8 Å². The van der Waals surface area contributed by atoms with Crippen LogP contribution in [0.2, 0.25) is 0 Å². The lowest BCUT2D eigenvalue weighted by Gasteiger charge is -2.41. The number of rotatable bonds is 6. The summed E-state index contributed by atoms with van der Waals surface area (Å²) in [5, 5.41) is 8.94. The first kappa shape index (κ1) is 19.7. The number of hydrogen-bond acceptors (Lipinski definition) is 6. The third-order valence-corrected chi connectivity index (χ3v) is 6.34. The summed E-state index contributed by atoms with van der Waals surface area (Å²) >= 11 is 0. The molecule has 154 valence electrons. The molecule has 2 fully saturated rings. The fraction of sp³-hybridized carbons (Fsp3) is 0.524. The van der Waals surface area contributed by atoms with Crippen molar-refractivity contribution in [2.45, 2.75) is 39.3 Å². The van der Waals surface area contributed by atoms with Crippen LogP contribution in [0.5, 0.6) is 0 Å². The van der Waals surface area contributed by atoms with Crippen molar-refractivity contribution in [1.29, 1.82) is 0 Å². The maximum Gasteiger partial charge on any atom is 0.262 e. The van der Waals surface area contributed by atoms with Gasteiger partial charge in [0.1, 0.15) is 6.04 Å². The van der Waals surface area contributed by atoms with Crippen molar-refractivity contribution in [2.24, 2.45) is 11.3 Å². The Balaban J connectivity index is 1.50. The lowest BCUT2D eigenvalue weighted by atomic mass is 9.75. The van der Waals surface area contributed by atoms with E-state index >= 15 is 0 Å². The van der Waals surface area contributed by atoms with Gasteiger partial charge in [0.15, 0.2) is 0 Å². The average molecular weight is 398 g/mol. The molecule has 0 radical (unpaired) electrons. The first-order chi connectivity index (χ1) is 13.8. The van der Waals surface area contributed by atoms with Gasteiger partial charge in [0, 0.05) is 19.5 Å². The Labute approximate surface area is 169 Å². The normalized spacial score (nSPS) is 22.6. The third kappa shape index (κ3) is 3.47. The van der Waals surface area contributed by atoms with Crippen LogP contribution in [0.25, 0.3) is 0 Å². The first-order valence-corrected chi connectivity index (χ1v) is 10.0. The van der Waals surface area contributed by atoms with Crippen LogP contribution >= 0.6 is 0 Å². The summed E-state index contributed by atoms with van der Waals surface area (Å²) in [4.78, 5) is 50.6. The second-order valence-corrected chi connectivity index (χ2v) is 8.73. The molecular formula is C21H26N4O4. The third-order valence-electron chi connectivity index (χ3n) is 6.34. The van der Waals surface area contributed by atoms with Crippen molar-refractivity contribution in [1.82, 2.24) is 20.9 Å². The van der Waals surface area contributed by atoms with Gasteiger partial charge < -0.3 is 10.6 Å². The SMILES string of the molecule is CC(C)(CNCc1cccc2c1C(=O)N(C1CCC(=O)NC1=O)C2=O)C1CNC1. The maximum atomic E-state index is 13.1. The smallest absolute Gasteiger partial charge is 0.262 e. The summed E-state index contributed by atoms with van der Waals surface area (Å²) in [6, 6.07) is 4.28. The van der Waals surface area contributed by atoms with E-state index in [1.54, 1.807) is 12.1 Å². The highest BCUT2D eigenvalue weighted by atomic mass is 16.2. The molecule has 1 aromatic rings. The van der Waals surface area contributed by atoms with Crippen molar-refractivity contribution >= 4 is 23.6 Å². The lowest BCUT2D eigenvalue weighted by Crippen LogP contribution is -2.54. The van der Waals surface area contributed by atoms with Crippen LogP contribution in [0, 0.1) is 11.3 Å². The van der Waals surface area contributed by atoms with E-state index in [1.165, 1.54) is 0 Å². The van der Waals surface area contributed by atoms with Gasteiger partial charge in [0.05, 0.1) is 11.1 Å². The topological polar surface area (TPSA) is 108 Å². The molecule has 3 heterocycles. The van der Waals surface area contributed by atoms with E-state index in [-0.39, 0.29) is 24.2 Å². The Bertz CT molecular complexity index is 891. The number of amides is 4. The molecule has 8 heteroatoms. The summed E-state index contributed by atoms with van der Waals surface area (Å²) in [6.45, 7) is 7.74. The largest absolute Gasteiger partial charge is 0.316 e. The van der Waals surface area contributed by atoms with E-state index in [1.807, 2.05) is 6.07 Å². The molecule has 0 aromatic heterocycles. The first-order valence-electron chi connectivity index (χ1n) is 10.0. The van der Waals surface area contributed by atoms with Crippen LogP contribution in [0.1, 0.15) is 53.0 Å². The van der Waals surface area contributed by atoms with Gasteiger partial charge in [-0.05, 0) is 42.5 Å². The predicted octanol–water partition coefficient (Wildman–Crippen LogP) is 0.423. The molecule has 3 aliphatic heterocycles. The minimum Gasteiger partial charge on any atom is -0.316 e. The number of hydrogen-bond donors (Lipinski definition) is 3. The van der Waals surface area contributed by atoms with Crippen LogP contribution in [0.4, 0.5) is 0 Å². The zero-order valence-electron chi connectivity index (χ0n) is 16.7. The molecule has 8 nitrogen and oxygen atoms in total. The molecule has 0 aliphatic carbocycles. The van der Waals surface area contributed by atoms with Gasteiger partial charge >= 0.3 is 0 Å². The Morgan fingerprint density at radius 2 is 1.90 bits per heavy atom. The van der Waals surface area contributed by atoms with Gasteiger partial charge in [-0.25, -0.2) is 0 Å². The monoisotopic (exact) mass is 398 g/mol. The average Bonchev–Trinajstić information content (AvgIpc) is 2.85. The minimum atomic E-state index is -0.939. The van der Waals surface area contributed by atoms with Gasteiger partial charge in [-0.1, -0.05) is 26.0 Å². The van der Waals surface area contributed by atoms with Crippen molar-refractivity contribution < 1.29 is 19.2 Å². The zero-order valence-corrected chi connectivity index (χ0v) is 16.7. The minimum absolute atomic E-state index is 0.114. The van der Waals surface area contributed by atoms with E-state index in [9.17, 15) is 19.2 Å². The maximum absolute atomic E-state index is 13.1. The zero-order chi connectivity index (χ0) is 20.8. The van der Waals surface area contributed by atoms with Crippen LogP contribution < -0.4 is 16.0 Å². The van der Waals surface area contributed by atoms with Crippen molar-refractivity contribution in [2.75, 3.05) is 19.6 Å². The molecule has 4 rings (SSSR count). The number of carbonyl (C=O) groups excluding carboxylic acids is 4. The standard InChI is InChI=1S/C21H26N4O4/c1-21(2,13-9-22-10-13)11-23-8-12-4-3-5-14-17(12)20(29)25(19(14)28)15-6-7-16(26)24-18(15)27/h3-5,13,15,22-23H,6-11H2,1-2H3,(H,24,26,27). The second-order valence-electron chi connectivity index (χ2n) is 8.73. The van der Waals surface area contributed by atoms with E-state index in [0.29, 0.717) is 23.6 Å². The number of piperidine rings is 1. The highest BCUT2D eigenvalue weighted by molar-refractivity contribution is 6.24. The van der Waals surface area contributed by atoms with Crippen LogP contribution in [0.15, 0.2) is 18.2 Å². The summed E-state index contributed by atoms with van der Waals surface area (Å²) in [7, 11) is 0. The van der Waals surface area contributed by atoms with E-state index in [0.717, 1.165) is 30.1 Å². The van der Waals surface area contributed by atoms with Gasteiger partial charge in [-0.15, -0.1) is 0 Å². The fourth-order valence-corrected chi connectivity index (χ4v) is 4.24. The molecule has 3 N–H and O–H groups in total. The van der Waals surface area contributed by atoms with Crippen molar-refractivity contribution in [3.05, 3.63) is 34.9 Å². The van der Waals surface area contributed by atoms with Crippen LogP contribution in [-0.4, -0.2) is 54.2 Å². The molecule has 2 saturated heterocycles. The Kier molecular flexibility index (Phi) is 5.00. The quantitative estimate of drug-likeness (QED) is 0.600. The Hall–Kier alpha value is -2.58. The molecular weight excluding hydrogens is 372 g/mol. The lowest BCUT2D eigenvalue weighted by molar-refractivity contribution is -0.136. The summed E-state index contributed by atoms with van der Waals surface area (Å²) < 4.78 is 0. The highest BCUT2D eigenvalue weighted by Crippen LogP contribution is 2.31. The summed E-state index contributed by atoms with van der Waals surface area (Å²) in [6.07, 6.45) is 0.274. The molecule has 4 amide bonds. The van der Waals surface area contributed by atoms with Crippen LogP contribution in [0.3, 0.4) is 0 Å². The van der Waals surface area contributed by atoms with E-state index in [2.05, 4.69) is 29.8 Å². The molecule has 1 unspecified atom stereocenters. The molecule has 1 atom stereocenters. The fourth-order valence-electron chi connectivity index (χ4n) is 4.24. The number of nitrogens with one attached hydrogen (secondary N) is 3. The Morgan fingerprint density at radius 3 is 2.55 bits per heavy atom. The number of fused-ring (bicyclic) bond motifs is 1. The highest BCUT2D eigenvalue weighted by Gasteiger charge is 2.45. The number of benzene rings is 1. The Morgan fingerprint density at radius 1 is 1.14 bits per heavy atom. The molecule has 0 saturated carbocycles. The summed E-state index contributed by atoms with van der Waals surface area (Å²) in [5.74, 6) is -1.28. The van der Waals surface area contributed by atoms with E-state index in [4.69, 9.17) is 0 Å². The van der Waals surface area contributed by atoms with Gasteiger partial charge in [0.25, 0.3) is 11.8 Å². The number of imide groups is 2. The van der Waals surface area contributed by atoms with Gasteiger partial charge in [-0.3, -0.25) is 29.4 Å². The van der Waals surface area contributed by atoms with Gasteiger partial charge in [-0.2, -0.15) is 0 Å². The van der Waals surface area contributed by atoms with Gasteiger partial charge in [0.2, 0.25) is 11.8 Å². The molecule has 0 spiro atoms. The second kappa shape index (κ2) is 7.35. The van der Waals surface area contributed by atoms with Crippen LogP contribution in [-0.2, 0) is 16.1 Å². The predicted molar refractivity (Wildman–Crippen MR) is 105 cm³/mol. The molecule has 1 aromatic carbocycles. The van der Waals surface area contributed by atoms with Crippen molar-refractivity contribution in [3.63, 3.8) is 0 Å². The molecule has 29 heavy (non-hydrogen) atoms. The number of nitrogens with zero attached hydrogens (tertiary/aromatic N) is 1. The number of carbonyl (C=O) groups is 4. The summed E-state index contributed by atoms with van der Waals surface area (Å²) in [5.41, 5.74) is 1.55. The molecule has 0 bridgehead atoms. The molecule has 3 aliphatic rings. The van der Waals surface area contributed by atoms with Crippen molar-refractivity contribution in [3.8, 4) is 0 Å².